The molecule has 1 heterocycles. The zero-order valence-electron chi connectivity index (χ0n) is 10.4. The molecule has 1 atom stereocenters. The molecule has 0 aliphatic rings. The van der Waals surface area contributed by atoms with Crippen LogP contribution in [0.25, 0.3) is 10.9 Å². The van der Waals surface area contributed by atoms with Crippen LogP contribution < -0.4 is 11.1 Å². The number of nitrogens with two attached hydrogens (primary N) is 1. The van der Waals surface area contributed by atoms with Gasteiger partial charge in [-0.25, -0.2) is 0 Å². The molecule has 2 aromatic rings. The van der Waals surface area contributed by atoms with Crippen LogP contribution in [0.3, 0.4) is 0 Å². The summed E-state index contributed by atoms with van der Waals surface area (Å²) in [5.41, 5.74) is 8.53. The van der Waals surface area contributed by atoms with Gasteiger partial charge in [0, 0.05) is 35.4 Å². The topological polar surface area (TPSA) is 60.2 Å². The molecule has 96 valence electrons. The number of aromatic nitrogens is 1. The second-order valence-corrected chi connectivity index (χ2v) is 5.09. The van der Waals surface area contributed by atoms with Crippen molar-refractivity contribution < 1.29 is 4.74 Å². The number of benzene rings is 1. The van der Waals surface area contributed by atoms with Gasteiger partial charge in [0.05, 0.1) is 17.3 Å². The summed E-state index contributed by atoms with van der Waals surface area (Å²) in [6.07, 6.45) is 1.92. The first-order valence-corrected chi connectivity index (χ1v) is 6.51. The summed E-state index contributed by atoms with van der Waals surface area (Å²) in [6, 6.07) is 5.81. The average molecular weight is 310 g/mol. The molecule has 5 heteroatoms. The molecular formula is C13H16BrN3O. The first kappa shape index (κ1) is 13.1. The second-order valence-electron chi connectivity index (χ2n) is 4.18. The highest BCUT2D eigenvalue weighted by molar-refractivity contribution is 9.10. The summed E-state index contributed by atoms with van der Waals surface area (Å²) in [5, 5.41) is 4.27. The van der Waals surface area contributed by atoms with Crippen molar-refractivity contribution in [1.29, 1.82) is 0 Å². The monoisotopic (exact) mass is 309 g/mol. The van der Waals surface area contributed by atoms with E-state index in [1.54, 1.807) is 13.3 Å². The molecule has 3 N–H and O–H groups in total. The second kappa shape index (κ2) is 5.54. The van der Waals surface area contributed by atoms with Gasteiger partial charge in [-0.15, -0.1) is 0 Å². The van der Waals surface area contributed by atoms with Crippen LogP contribution in [0.2, 0.25) is 0 Å². The maximum Gasteiger partial charge on any atom is 0.0954 e. The number of hydrogen-bond donors (Lipinski definition) is 2. The molecule has 1 aromatic carbocycles. The number of nitrogens with one attached hydrogen (secondary N) is 1. The number of ether oxygens (including phenoxy) is 1. The van der Waals surface area contributed by atoms with Gasteiger partial charge in [0.25, 0.3) is 0 Å². The first-order valence-electron chi connectivity index (χ1n) is 5.72. The average Bonchev–Trinajstić information content (AvgIpc) is 2.38. The minimum absolute atomic E-state index is 0.146. The summed E-state index contributed by atoms with van der Waals surface area (Å²) in [7, 11) is 1.70. The van der Waals surface area contributed by atoms with Crippen LogP contribution in [0.1, 0.15) is 6.92 Å². The Morgan fingerprint density at radius 1 is 1.50 bits per heavy atom. The normalized spacial score (nSPS) is 12.6. The minimum Gasteiger partial charge on any atom is -0.398 e. The highest BCUT2D eigenvalue weighted by Crippen LogP contribution is 2.28. The molecule has 4 nitrogen and oxygen atoms in total. The zero-order chi connectivity index (χ0) is 13.1. The fraction of sp³-hybridized carbons (Fsp3) is 0.308. The van der Waals surface area contributed by atoms with E-state index in [1.807, 2.05) is 25.1 Å². The largest absolute Gasteiger partial charge is 0.398 e. The minimum atomic E-state index is 0.146. The highest BCUT2D eigenvalue weighted by atomic mass is 79.9. The van der Waals surface area contributed by atoms with Gasteiger partial charge in [0.15, 0.2) is 0 Å². The first-order chi connectivity index (χ1) is 8.61. The van der Waals surface area contributed by atoms with E-state index in [9.17, 15) is 0 Å². The van der Waals surface area contributed by atoms with Gasteiger partial charge in [0.2, 0.25) is 0 Å². The Labute approximate surface area is 115 Å². The molecule has 0 bridgehead atoms. The molecule has 0 aliphatic carbocycles. The van der Waals surface area contributed by atoms with Gasteiger partial charge in [-0.3, -0.25) is 4.98 Å². The van der Waals surface area contributed by atoms with Crippen LogP contribution in [0, 0.1) is 0 Å². The van der Waals surface area contributed by atoms with Crippen LogP contribution >= 0.6 is 15.9 Å². The molecule has 0 saturated carbocycles. The maximum atomic E-state index is 5.96. The van der Waals surface area contributed by atoms with E-state index >= 15 is 0 Å². The van der Waals surface area contributed by atoms with E-state index in [2.05, 4.69) is 26.2 Å². The zero-order valence-corrected chi connectivity index (χ0v) is 12.0. The van der Waals surface area contributed by atoms with Crippen molar-refractivity contribution in [1.82, 2.24) is 4.98 Å². The number of rotatable bonds is 4. The Balaban J connectivity index is 2.37. The molecule has 0 aliphatic heterocycles. The van der Waals surface area contributed by atoms with Gasteiger partial charge < -0.3 is 15.8 Å². The predicted octanol–water partition coefficient (Wildman–Crippen LogP) is 3.03. The molecule has 1 unspecified atom stereocenters. The van der Waals surface area contributed by atoms with Crippen molar-refractivity contribution in [3.05, 3.63) is 28.9 Å². The summed E-state index contributed by atoms with van der Waals surface area (Å²) in [6.45, 7) is 2.74. The molecule has 0 radical (unpaired) electrons. The van der Waals surface area contributed by atoms with E-state index in [1.165, 1.54) is 0 Å². The number of fused-ring (bicyclic) bond motifs is 1. The fourth-order valence-corrected chi connectivity index (χ4v) is 2.03. The lowest BCUT2D eigenvalue weighted by atomic mass is 10.1. The molecule has 1 aromatic heterocycles. The van der Waals surface area contributed by atoms with Crippen molar-refractivity contribution in [3.8, 4) is 0 Å². The van der Waals surface area contributed by atoms with Crippen molar-refractivity contribution in [2.45, 2.75) is 13.0 Å². The van der Waals surface area contributed by atoms with Crippen LogP contribution in [-0.2, 0) is 4.74 Å². The van der Waals surface area contributed by atoms with Crippen LogP contribution in [0.15, 0.2) is 28.9 Å². The highest BCUT2D eigenvalue weighted by Gasteiger charge is 2.07. The van der Waals surface area contributed by atoms with E-state index < -0.39 is 0 Å². The van der Waals surface area contributed by atoms with Crippen molar-refractivity contribution in [2.75, 3.05) is 24.7 Å². The van der Waals surface area contributed by atoms with Gasteiger partial charge in [-0.1, -0.05) is 0 Å². The lowest BCUT2D eigenvalue weighted by molar-refractivity contribution is 0.129. The molecule has 0 amide bonds. The number of nitrogens with zero attached hydrogens (tertiary/aromatic N) is 1. The van der Waals surface area contributed by atoms with Crippen LogP contribution in [0.5, 0.6) is 0 Å². The Kier molecular flexibility index (Phi) is 4.04. The van der Waals surface area contributed by atoms with Crippen LogP contribution in [0.4, 0.5) is 11.4 Å². The Bertz CT molecular complexity index is 559. The lowest BCUT2D eigenvalue weighted by Gasteiger charge is -2.14. The third-order valence-corrected chi connectivity index (χ3v) is 3.27. The Morgan fingerprint density at radius 2 is 2.28 bits per heavy atom. The number of hydrogen-bond acceptors (Lipinski definition) is 4. The van der Waals surface area contributed by atoms with Crippen molar-refractivity contribution >= 4 is 38.2 Å². The van der Waals surface area contributed by atoms with Gasteiger partial charge in [-0.05, 0) is 41.1 Å². The number of nitrogen functional groups attached to an aromatic ring is 1. The summed E-state index contributed by atoms with van der Waals surface area (Å²) >= 11 is 3.41. The number of halogens is 1. The Morgan fingerprint density at radius 3 is 3.00 bits per heavy atom. The number of anilines is 2. The maximum absolute atomic E-state index is 5.96. The van der Waals surface area contributed by atoms with E-state index in [0.717, 1.165) is 33.3 Å². The fourth-order valence-electron chi connectivity index (χ4n) is 1.70. The third kappa shape index (κ3) is 2.73. The lowest BCUT2D eigenvalue weighted by Crippen LogP contribution is -2.18. The number of pyridine rings is 1. The molecule has 0 spiro atoms. The smallest absolute Gasteiger partial charge is 0.0954 e. The standard InChI is InChI=1S/C13H16BrN3O/c1-8(18-2)6-16-12-4-3-11(15)10-5-9(14)7-17-13(10)12/h3-5,7-8,16H,6,15H2,1-2H3. The summed E-state index contributed by atoms with van der Waals surface area (Å²) in [4.78, 5) is 4.42. The summed E-state index contributed by atoms with van der Waals surface area (Å²) < 4.78 is 6.13. The molecule has 18 heavy (non-hydrogen) atoms. The third-order valence-electron chi connectivity index (χ3n) is 2.83. The summed E-state index contributed by atoms with van der Waals surface area (Å²) in [5.74, 6) is 0. The van der Waals surface area contributed by atoms with Crippen molar-refractivity contribution in [3.63, 3.8) is 0 Å². The van der Waals surface area contributed by atoms with Crippen molar-refractivity contribution in [2.24, 2.45) is 0 Å². The van der Waals surface area contributed by atoms with E-state index in [-0.39, 0.29) is 6.10 Å². The molecular weight excluding hydrogens is 294 g/mol. The number of methoxy groups -OCH3 is 1. The van der Waals surface area contributed by atoms with Gasteiger partial charge in [-0.2, -0.15) is 0 Å². The molecule has 2 rings (SSSR count). The van der Waals surface area contributed by atoms with E-state index in [4.69, 9.17) is 10.5 Å². The quantitative estimate of drug-likeness (QED) is 0.852. The predicted molar refractivity (Wildman–Crippen MR) is 78.8 cm³/mol. The van der Waals surface area contributed by atoms with Crippen LogP contribution in [-0.4, -0.2) is 24.7 Å². The van der Waals surface area contributed by atoms with E-state index in [0.29, 0.717) is 0 Å². The SMILES string of the molecule is COC(C)CNc1ccc(N)c2cc(Br)cnc12. The van der Waals surface area contributed by atoms with Gasteiger partial charge in [0.1, 0.15) is 0 Å². The molecule has 0 fully saturated rings. The molecule has 0 saturated heterocycles. The van der Waals surface area contributed by atoms with Gasteiger partial charge >= 0.3 is 0 Å². The Hall–Kier alpha value is -1.33.